The van der Waals surface area contributed by atoms with E-state index in [1.807, 2.05) is 19.1 Å². The van der Waals surface area contributed by atoms with Gasteiger partial charge in [0.05, 0.1) is 21.2 Å². The zero-order valence-electron chi connectivity index (χ0n) is 23.9. The summed E-state index contributed by atoms with van der Waals surface area (Å²) in [5, 5.41) is 2.51. The maximum atomic E-state index is 14.0. The van der Waals surface area contributed by atoms with Crippen molar-refractivity contribution in [2.24, 2.45) is 0 Å². The minimum Gasteiger partial charge on any atom is -0.350 e. The van der Waals surface area contributed by atoms with Crippen LogP contribution >= 0.6 is 11.6 Å². The van der Waals surface area contributed by atoms with E-state index in [-0.39, 0.29) is 16.5 Å². The summed E-state index contributed by atoms with van der Waals surface area (Å²) in [6.45, 7) is 7.69. The first-order valence-corrected chi connectivity index (χ1v) is 14.8. The highest BCUT2D eigenvalue weighted by atomic mass is 35.5. The average molecular weight is 624 g/mol. The molecule has 7 nitrogen and oxygen atoms in total. The van der Waals surface area contributed by atoms with E-state index in [1.165, 1.54) is 36.1 Å². The third-order valence-electron chi connectivity index (χ3n) is 6.25. The van der Waals surface area contributed by atoms with Crippen LogP contribution in [0, 0.1) is 6.92 Å². The summed E-state index contributed by atoms with van der Waals surface area (Å²) in [7, 11) is -4.59. The van der Waals surface area contributed by atoms with Gasteiger partial charge < -0.3 is 10.2 Å². The van der Waals surface area contributed by atoms with E-state index in [2.05, 4.69) is 5.32 Å². The first-order valence-electron chi connectivity index (χ1n) is 13.0. The molecule has 0 heterocycles. The fraction of sp³-hybridized carbons (Fsp3) is 0.333. The largest absolute Gasteiger partial charge is 0.416 e. The molecule has 0 spiro atoms. The number of nitrogens with zero attached hydrogens (tertiary/aromatic N) is 2. The van der Waals surface area contributed by atoms with Crippen LogP contribution in [0.3, 0.4) is 0 Å². The van der Waals surface area contributed by atoms with Crippen molar-refractivity contribution in [2.45, 2.75) is 63.8 Å². The van der Waals surface area contributed by atoms with Crippen molar-refractivity contribution < 1.29 is 31.2 Å². The Kier molecular flexibility index (Phi) is 10.00. The highest BCUT2D eigenvalue weighted by molar-refractivity contribution is 7.92. The minimum atomic E-state index is -4.80. The third-order valence-corrected chi connectivity index (χ3v) is 8.35. The maximum Gasteiger partial charge on any atom is 0.416 e. The van der Waals surface area contributed by atoms with Crippen LogP contribution in [0.4, 0.5) is 18.9 Å². The number of nitrogens with one attached hydrogen (secondary N) is 1. The van der Waals surface area contributed by atoms with E-state index >= 15 is 0 Å². The molecule has 0 saturated carbocycles. The number of carbonyl (C=O) groups excluding carboxylic acids is 2. The van der Waals surface area contributed by atoms with E-state index in [9.17, 15) is 31.2 Å². The molecule has 1 N–H and O–H groups in total. The lowest BCUT2D eigenvalue weighted by atomic mass is 10.1. The smallest absolute Gasteiger partial charge is 0.350 e. The topological polar surface area (TPSA) is 86.8 Å². The van der Waals surface area contributed by atoms with Gasteiger partial charge in [-0.1, -0.05) is 59.6 Å². The van der Waals surface area contributed by atoms with Crippen molar-refractivity contribution >= 4 is 39.1 Å². The average Bonchev–Trinajstić information content (AvgIpc) is 2.89. The number of alkyl halides is 3. The minimum absolute atomic E-state index is 0.0607. The molecule has 0 aromatic heterocycles. The van der Waals surface area contributed by atoms with Crippen molar-refractivity contribution in [1.82, 2.24) is 10.2 Å². The first-order chi connectivity index (χ1) is 19.4. The third kappa shape index (κ3) is 8.25. The second-order valence-corrected chi connectivity index (χ2v) is 13.2. The number of sulfonamides is 1. The van der Waals surface area contributed by atoms with Gasteiger partial charge in [0.2, 0.25) is 11.8 Å². The molecule has 3 aromatic carbocycles. The Morgan fingerprint density at radius 2 is 1.60 bits per heavy atom. The van der Waals surface area contributed by atoms with Crippen LogP contribution in [0.25, 0.3) is 0 Å². The fourth-order valence-corrected chi connectivity index (χ4v) is 5.89. The second kappa shape index (κ2) is 12.7. The van der Waals surface area contributed by atoms with Crippen LogP contribution in [0.5, 0.6) is 0 Å². The monoisotopic (exact) mass is 623 g/mol. The molecule has 0 radical (unpaired) electrons. The molecule has 2 amide bonds. The number of anilines is 1. The van der Waals surface area contributed by atoms with E-state index in [1.54, 1.807) is 39.0 Å². The number of halogens is 4. The zero-order valence-corrected chi connectivity index (χ0v) is 25.4. The maximum absolute atomic E-state index is 14.0. The van der Waals surface area contributed by atoms with Gasteiger partial charge in [0.1, 0.15) is 12.6 Å². The molecule has 0 aliphatic heterocycles. The number of hydrogen-bond donors (Lipinski definition) is 1. The summed E-state index contributed by atoms with van der Waals surface area (Å²) in [5.41, 5.74) is -0.718. The molecule has 0 bridgehead atoms. The molecule has 0 fully saturated rings. The lowest BCUT2D eigenvalue weighted by Crippen LogP contribution is -2.54. The van der Waals surface area contributed by atoms with Gasteiger partial charge in [-0.25, -0.2) is 8.42 Å². The summed E-state index contributed by atoms with van der Waals surface area (Å²) >= 11 is 6.27. The first kappa shape index (κ1) is 32.9. The molecule has 226 valence electrons. The van der Waals surface area contributed by atoms with Gasteiger partial charge >= 0.3 is 6.18 Å². The van der Waals surface area contributed by atoms with Gasteiger partial charge in [-0.15, -0.1) is 0 Å². The number of carbonyl (C=O) groups is 2. The Hall–Kier alpha value is -3.57. The molecule has 12 heteroatoms. The van der Waals surface area contributed by atoms with Crippen molar-refractivity contribution in [1.29, 1.82) is 0 Å². The Bertz CT molecular complexity index is 1540. The van der Waals surface area contributed by atoms with E-state index < -0.39 is 57.4 Å². The van der Waals surface area contributed by atoms with E-state index in [0.29, 0.717) is 15.9 Å². The van der Waals surface area contributed by atoms with Gasteiger partial charge in [0, 0.05) is 12.1 Å². The Morgan fingerprint density at radius 3 is 2.17 bits per heavy atom. The van der Waals surface area contributed by atoms with Crippen LogP contribution in [0.1, 0.15) is 44.4 Å². The Balaban J connectivity index is 2.14. The summed E-state index contributed by atoms with van der Waals surface area (Å²) < 4.78 is 69.2. The van der Waals surface area contributed by atoms with Gasteiger partial charge in [-0.3, -0.25) is 13.9 Å². The standard InChI is InChI=1S/C30H33ClF3N3O4S/c1-20-10-9-11-22(16-20)18-36(21(2)28(39)35-29(3,4)5)27(38)19-37(42(40,41)24-12-7-6-8-13-24)26-17-23(30(32,33)34)14-15-25(26)31/h6-17,21H,18-19H2,1-5H3,(H,35,39)/t21-/m0/s1. The zero-order chi connectivity index (χ0) is 31.5. The summed E-state index contributed by atoms with van der Waals surface area (Å²) in [4.78, 5) is 28.1. The van der Waals surface area contributed by atoms with Gasteiger partial charge in [-0.2, -0.15) is 13.2 Å². The molecule has 0 unspecified atom stereocenters. The molecule has 0 aliphatic carbocycles. The second-order valence-electron chi connectivity index (χ2n) is 10.9. The predicted molar refractivity (Wildman–Crippen MR) is 157 cm³/mol. The molecule has 0 aliphatic rings. The van der Waals surface area contributed by atoms with Gasteiger partial charge in [0.25, 0.3) is 10.0 Å². The Labute approximate surface area is 249 Å². The van der Waals surface area contributed by atoms with Crippen LogP contribution in [-0.2, 0) is 32.3 Å². The van der Waals surface area contributed by atoms with Crippen molar-refractivity contribution in [3.63, 3.8) is 0 Å². The lowest BCUT2D eigenvalue weighted by Gasteiger charge is -2.33. The van der Waals surface area contributed by atoms with Crippen molar-refractivity contribution in [3.8, 4) is 0 Å². The predicted octanol–water partition coefficient (Wildman–Crippen LogP) is 6.19. The number of amides is 2. The molecular weight excluding hydrogens is 591 g/mol. The Morgan fingerprint density at radius 1 is 0.952 bits per heavy atom. The highest BCUT2D eigenvalue weighted by Gasteiger charge is 2.36. The summed E-state index contributed by atoms with van der Waals surface area (Å²) in [6.07, 6.45) is -4.80. The molecule has 42 heavy (non-hydrogen) atoms. The number of hydrogen-bond acceptors (Lipinski definition) is 4. The molecular formula is C30H33ClF3N3O4S. The highest BCUT2D eigenvalue weighted by Crippen LogP contribution is 2.37. The fourth-order valence-electron chi connectivity index (χ4n) is 4.18. The van der Waals surface area contributed by atoms with Gasteiger partial charge in [0.15, 0.2) is 0 Å². The van der Waals surface area contributed by atoms with Crippen LogP contribution < -0.4 is 9.62 Å². The van der Waals surface area contributed by atoms with Crippen molar-refractivity contribution in [3.05, 3.63) is 94.5 Å². The molecule has 1 atom stereocenters. The van der Waals surface area contributed by atoms with E-state index in [4.69, 9.17) is 11.6 Å². The normalized spacial score (nSPS) is 12.9. The number of aryl methyl sites for hydroxylation is 1. The van der Waals surface area contributed by atoms with Crippen LogP contribution in [0.2, 0.25) is 5.02 Å². The summed E-state index contributed by atoms with van der Waals surface area (Å²) in [6, 6.07) is 15.4. The molecule has 0 saturated heterocycles. The molecule has 3 aromatic rings. The van der Waals surface area contributed by atoms with Crippen LogP contribution in [-0.4, -0.2) is 43.3 Å². The van der Waals surface area contributed by atoms with Gasteiger partial charge in [-0.05, 0) is 70.5 Å². The quantitative estimate of drug-likeness (QED) is 0.308. The molecule has 3 rings (SSSR count). The van der Waals surface area contributed by atoms with Crippen molar-refractivity contribution in [2.75, 3.05) is 10.8 Å². The summed E-state index contributed by atoms with van der Waals surface area (Å²) in [5.74, 6) is -1.31. The van der Waals surface area contributed by atoms with E-state index in [0.717, 1.165) is 17.7 Å². The number of rotatable bonds is 9. The SMILES string of the molecule is Cc1cccc(CN(C(=O)CN(c2cc(C(F)(F)F)ccc2Cl)S(=O)(=O)c2ccccc2)[C@@H](C)C(=O)NC(C)(C)C)c1. The van der Waals surface area contributed by atoms with Crippen LogP contribution in [0.15, 0.2) is 77.7 Å². The number of benzene rings is 3. The lowest BCUT2D eigenvalue weighted by molar-refractivity contribution is -0.140.